The van der Waals surface area contributed by atoms with E-state index in [4.69, 9.17) is 5.11 Å². The van der Waals surface area contributed by atoms with Crippen LogP contribution in [0.3, 0.4) is 0 Å². The summed E-state index contributed by atoms with van der Waals surface area (Å²) in [5.41, 5.74) is 0.722. The maximum Gasteiger partial charge on any atom is 0.308 e. The fraction of sp³-hybridized carbons (Fsp3) is 0.429. The molecule has 1 fully saturated rings. The Morgan fingerprint density at radius 1 is 1.40 bits per heavy atom. The molecule has 1 amide bonds. The molecule has 0 aliphatic carbocycles. The van der Waals surface area contributed by atoms with Crippen molar-refractivity contribution < 1.29 is 14.7 Å². The first-order valence-electron chi connectivity index (χ1n) is 6.47. The summed E-state index contributed by atoms with van der Waals surface area (Å²) in [5.74, 6) is -1.23. The fourth-order valence-corrected chi connectivity index (χ4v) is 2.86. The lowest BCUT2D eigenvalue weighted by atomic mass is 9.99. The predicted molar refractivity (Wildman–Crippen MR) is 79.5 cm³/mol. The van der Waals surface area contributed by atoms with Gasteiger partial charge in [-0.3, -0.25) is 14.5 Å². The van der Waals surface area contributed by atoms with Crippen molar-refractivity contribution in [1.82, 2.24) is 4.90 Å². The normalized spacial score (nSPS) is 22.7. The molecule has 1 saturated heterocycles. The molecule has 108 valence electrons. The van der Waals surface area contributed by atoms with Crippen molar-refractivity contribution in [3.63, 3.8) is 0 Å². The monoisotopic (exact) mass is 340 g/mol. The number of hydrogen-bond donors (Lipinski definition) is 2. The van der Waals surface area contributed by atoms with Crippen molar-refractivity contribution >= 4 is 33.5 Å². The fourth-order valence-electron chi connectivity index (χ4n) is 2.47. The largest absolute Gasteiger partial charge is 0.481 e. The first kappa shape index (κ1) is 15.0. The number of halogens is 1. The van der Waals surface area contributed by atoms with Crippen LogP contribution in [0.4, 0.5) is 5.69 Å². The molecule has 0 spiro atoms. The Balaban J connectivity index is 1.90. The Morgan fingerprint density at radius 2 is 2.10 bits per heavy atom. The summed E-state index contributed by atoms with van der Waals surface area (Å²) >= 11 is 3.37. The molecular formula is C14H17BrN2O3. The van der Waals surface area contributed by atoms with Crippen LogP contribution in [0.5, 0.6) is 0 Å². The molecule has 1 aromatic rings. The molecule has 1 aliphatic heterocycles. The number of carboxylic acid groups (broad SMARTS) is 1. The number of hydrogen-bond acceptors (Lipinski definition) is 3. The second-order valence-electron chi connectivity index (χ2n) is 5.14. The van der Waals surface area contributed by atoms with Crippen LogP contribution in [0.25, 0.3) is 0 Å². The molecule has 2 rings (SSSR count). The standard InChI is InChI=1S/C14H17BrN2O3/c1-9-6-17(7-10(9)14(19)20)8-13(18)16-12-5-3-2-4-11(12)15/h2-5,9-10H,6-8H2,1H3,(H,16,18)(H,19,20)/t9-,10-/m1/s1. The van der Waals surface area contributed by atoms with Crippen LogP contribution >= 0.6 is 15.9 Å². The van der Waals surface area contributed by atoms with Gasteiger partial charge in [0, 0.05) is 17.6 Å². The van der Waals surface area contributed by atoms with Gasteiger partial charge in [0.15, 0.2) is 0 Å². The Morgan fingerprint density at radius 3 is 2.70 bits per heavy atom. The number of carbonyl (C=O) groups is 2. The van der Waals surface area contributed by atoms with Gasteiger partial charge in [-0.2, -0.15) is 0 Å². The van der Waals surface area contributed by atoms with Crippen molar-refractivity contribution in [2.75, 3.05) is 25.0 Å². The highest BCUT2D eigenvalue weighted by Crippen LogP contribution is 2.24. The van der Waals surface area contributed by atoms with E-state index < -0.39 is 5.97 Å². The number of amides is 1. The second kappa shape index (κ2) is 6.37. The molecule has 1 heterocycles. The number of nitrogens with zero attached hydrogens (tertiary/aromatic N) is 1. The first-order chi connectivity index (χ1) is 9.47. The number of rotatable bonds is 4. The third kappa shape index (κ3) is 3.58. The zero-order valence-electron chi connectivity index (χ0n) is 11.2. The van der Waals surface area contributed by atoms with Gasteiger partial charge in [0.05, 0.1) is 18.2 Å². The lowest BCUT2D eigenvalue weighted by molar-refractivity contribution is -0.142. The Kier molecular flexibility index (Phi) is 4.77. The minimum absolute atomic E-state index is 0.0729. The quantitative estimate of drug-likeness (QED) is 0.879. The summed E-state index contributed by atoms with van der Waals surface area (Å²) in [6.45, 7) is 3.19. The van der Waals surface area contributed by atoms with Crippen LogP contribution < -0.4 is 5.32 Å². The number of aliphatic carboxylic acids is 1. The lowest BCUT2D eigenvalue weighted by Gasteiger charge is -2.15. The number of benzene rings is 1. The molecule has 20 heavy (non-hydrogen) atoms. The van der Waals surface area contributed by atoms with Crippen molar-refractivity contribution in [3.8, 4) is 0 Å². The Labute approximate surface area is 126 Å². The van der Waals surface area contributed by atoms with Gasteiger partial charge in [-0.15, -0.1) is 0 Å². The third-order valence-electron chi connectivity index (χ3n) is 3.52. The van der Waals surface area contributed by atoms with Gasteiger partial charge in [0.25, 0.3) is 0 Å². The van der Waals surface area contributed by atoms with Gasteiger partial charge < -0.3 is 10.4 Å². The number of carboxylic acids is 1. The average molecular weight is 341 g/mol. The molecule has 0 aromatic heterocycles. The van der Waals surface area contributed by atoms with E-state index in [0.717, 1.165) is 10.2 Å². The summed E-state index contributed by atoms with van der Waals surface area (Å²) in [4.78, 5) is 24.9. The van der Waals surface area contributed by atoms with Crippen molar-refractivity contribution in [3.05, 3.63) is 28.7 Å². The number of carbonyl (C=O) groups excluding carboxylic acids is 1. The molecule has 1 aromatic carbocycles. The molecule has 1 aliphatic rings. The SMILES string of the molecule is C[C@@H]1CN(CC(=O)Nc2ccccc2Br)C[C@H]1C(=O)O. The Bertz CT molecular complexity index is 521. The molecular weight excluding hydrogens is 324 g/mol. The summed E-state index contributed by atoms with van der Waals surface area (Å²) < 4.78 is 0.826. The molecule has 0 bridgehead atoms. The minimum Gasteiger partial charge on any atom is -0.481 e. The highest BCUT2D eigenvalue weighted by atomic mass is 79.9. The summed E-state index contributed by atoms with van der Waals surface area (Å²) in [6, 6.07) is 7.39. The second-order valence-corrected chi connectivity index (χ2v) is 6.00. The van der Waals surface area contributed by atoms with Crippen LogP contribution in [0.2, 0.25) is 0 Å². The van der Waals surface area contributed by atoms with Gasteiger partial charge in [-0.1, -0.05) is 19.1 Å². The van der Waals surface area contributed by atoms with Gasteiger partial charge in [0.2, 0.25) is 5.91 Å². The van der Waals surface area contributed by atoms with Crippen molar-refractivity contribution in [2.45, 2.75) is 6.92 Å². The zero-order chi connectivity index (χ0) is 14.7. The molecule has 0 radical (unpaired) electrons. The molecule has 0 unspecified atom stereocenters. The van der Waals surface area contributed by atoms with Crippen LogP contribution in [-0.4, -0.2) is 41.5 Å². The zero-order valence-corrected chi connectivity index (χ0v) is 12.8. The van der Waals surface area contributed by atoms with Crippen LogP contribution in [-0.2, 0) is 9.59 Å². The molecule has 6 heteroatoms. The molecule has 0 saturated carbocycles. The topological polar surface area (TPSA) is 69.6 Å². The number of para-hydroxylation sites is 1. The van der Waals surface area contributed by atoms with Gasteiger partial charge in [-0.05, 0) is 34.0 Å². The van der Waals surface area contributed by atoms with E-state index in [9.17, 15) is 9.59 Å². The summed E-state index contributed by atoms with van der Waals surface area (Å²) in [7, 11) is 0. The number of likely N-dealkylation sites (tertiary alicyclic amines) is 1. The van der Waals surface area contributed by atoms with E-state index in [2.05, 4.69) is 21.2 Å². The minimum atomic E-state index is -0.786. The molecule has 2 N–H and O–H groups in total. The van der Waals surface area contributed by atoms with E-state index in [0.29, 0.717) is 13.1 Å². The first-order valence-corrected chi connectivity index (χ1v) is 7.26. The van der Waals surface area contributed by atoms with E-state index in [1.807, 2.05) is 36.1 Å². The molecule has 2 atom stereocenters. The van der Waals surface area contributed by atoms with Crippen molar-refractivity contribution in [1.29, 1.82) is 0 Å². The van der Waals surface area contributed by atoms with Crippen molar-refractivity contribution in [2.24, 2.45) is 11.8 Å². The highest BCUT2D eigenvalue weighted by Gasteiger charge is 2.35. The van der Waals surface area contributed by atoms with E-state index in [1.54, 1.807) is 0 Å². The maximum absolute atomic E-state index is 12.0. The van der Waals surface area contributed by atoms with E-state index in [1.165, 1.54) is 0 Å². The van der Waals surface area contributed by atoms with Crippen LogP contribution in [0.1, 0.15) is 6.92 Å². The van der Waals surface area contributed by atoms with Gasteiger partial charge >= 0.3 is 5.97 Å². The van der Waals surface area contributed by atoms with Crippen LogP contribution in [0, 0.1) is 11.8 Å². The van der Waals surface area contributed by atoms with Crippen LogP contribution in [0.15, 0.2) is 28.7 Å². The predicted octanol–water partition coefficient (Wildman–Crippen LogP) is 2.04. The Hall–Kier alpha value is -1.40. The smallest absolute Gasteiger partial charge is 0.308 e. The lowest BCUT2D eigenvalue weighted by Crippen LogP contribution is -2.32. The summed E-state index contributed by atoms with van der Waals surface area (Å²) in [5, 5.41) is 11.9. The molecule has 5 nitrogen and oxygen atoms in total. The highest BCUT2D eigenvalue weighted by molar-refractivity contribution is 9.10. The van der Waals surface area contributed by atoms with E-state index in [-0.39, 0.29) is 24.3 Å². The maximum atomic E-state index is 12.0. The van der Waals surface area contributed by atoms with Gasteiger partial charge in [-0.25, -0.2) is 0 Å². The third-order valence-corrected chi connectivity index (χ3v) is 4.21. The summed E-state index contributed by atoms with van der Waals surface area (Å²) in [6.07, 6.45) is 0. The van der Waals surface area contributed by atoms with E-state index >= 15 is 0 Å². The number of nitrogens with one attached hydrogen (secondary N) is 1. The number of anilines is 1. The van der Waals surface area contributed by atoms with Gasteiger partial charge in [0.1, 0.15) is 0 Å². The average Bonchev–Trinajstić information content (AvgIpc) is 2.73.